The molecule has 0 saturated carbocycles. The minimum atomic E-state index is -0.979. The molecule has 0 spiro atoms. The van der Waals surface area contributed by atoms with Crippen molar-refractivity contribution in [2.75, 3.05) is 0 Å². The Balaban J connectivity index is 2.65. The maximum absolute atomic E-state index is 10.8. The first-order valence-electron chi connectivity index (χ1n) is 5.12. The second-order valence-corrected chi connectivity index (χ2v) is 3.38. The molecule has 0 aliphatic heterocycles. The zero-order valence-electron chi connectivity index (χ0n) is 9.09. The standard InChI is InChI=1S/C11H15NO4/c1-2-3-10(11(14)15)16-9-5-4-8(7-13)12-6-9/h4-6,10,13H,2-3,7H2,1H3,(H,14,15). The highest BCUT2D eigenvalue weighted by atomic mass is 16.5. The molecule has 0 aliphatic rings. The summed E-state index contributed by atoms with van der Waals surface area (Å²) in [5, 5.41) is 17.7. The first-order valence-corrected chi connectivity index (χ1v) is 5.12. The fraction of sp³-hybridized carbons (Fsp3) is 0.455. The van der Waals surface area contributed by atoms with E-state index in [0.717, 1.165) is 6.42 Å². The Morgan fingerprint density at radius 1 is 1.56 bits per heavy atom. The highest BCUT2D eigenvalue weighted by molar-refractivity contribution is 5.72. The molecule has 0 aromatic carbocycles. The summed E-state index contributed by atoms with van der Waals surface area (Å²) in [5.74, 6) is -0.578. The number of pyridine rings is 1. The Morgan fingerprint density at radius 3 is 2.75 bits per heavy atom. The third-order valence-electron chi connectivity index (χ3n) is 2.06. The number of carbonyl (C=O) groups is 1. The van der Waals surface area contributed by atoms with Crippen LogP contribution in [0.15, 0.2) is 18.3 Å². The largest absolute Gasteiger partial charge is 0.479 e. The van der Waals surface area contributed by atoms with E-state index < -0.39 is 12.1 Å². The molecule has 0 aliphatic carbocycles. The molecular weight excluding hydrogens is 210 g/mol. The predicted octanol–water partition coefficient (Wildman–Crippen LogP) is 1.21. The summed E-state index contributed by atoms with van der Waals surface area (Å²) in [4.78, 5) is 14.7. The van der Waals surface area contributed by atoms with E-state index in [1.165, 1.54) is 6.20 Å². The van der Waals surface area contributed by atoms with Crippen LogP contribution in [0.25, 0.3) is 0 Å². The van der Waals surface area contributed by atoms with Gasteiger partial charge in [-0.05, 0) is 18.6 Å². The quantitative estimate of drug-likeness (QED) is 0.760. The van der Waals surface area contributed by atoms with Gasteiger partial charge in [0.1, 0.15) is 5.75 Å². The van der Waals surface area contributed by atoms with Gasteiger partial charge in [-0.25, -0.2) is 4.79 Å². The fourth-order valence-corrected chi connectivity index (χ4v) is 1.23. The van der Waals surface area contributed by atoms with Crippen molar-refractivity contribution in [3.05, 3.63) is 24.0 Å². The molecule has 1 aromatic rings. The lowest BCUT2D eigenvalue weighted by Gasteiger charge is -2.13. The van der Waals surface area contributed by atoms with Crippen molar-refractivity contribution in [1.82, 2.24) is 4.98 Å². The summed E-state index contributed by atoms with van der Waals surface area (Å²) < 4.78 is 5.27. The van der Waals surface area contributed by atoms with Gasteiger partial charge in [0, 0.05) is 0 Å². The number of carboxylic acid groups (broad SMARTS) is 1. The van der Waals surface area contributed by atoms with Crippen LogP contribution in [0.3, 0.4) is 0 Å². The first kappa shape index (κ1) is 12.4. The van der Waals surface area contributed by atoms with Crippen molar-refractivity contribution in [2.45, 2.75) is 32.5 Å². The van der Waals surface area contributed by atoms with Gasteiger partial charge < -0.3 is 14.9 Å². The van der Waals surface area contributed by atoms with Gasteiger partial charge in [-0.2, -0.15) is 0 Å². The van der Waals surface area contributed by atoms with Crippen molar-refractivity contribution < 1.29 is 19.7 Å². The van der Waals surface area contributed by atoms with Crippen LogP contribution in [0.1, 0.15) is 25.5 Å². The summed E-state index contributed by atoms with van der Waals surface area (Å²) >= 11 is 0. The van der Waals surface area contributed by atoms with Gasteiger partial charge in [0.15, 0.2) is 6.10 Å². The summed E-state index contributed by atoms with van der Waals surface area (Å²) in [7, 11) is 0. The molecule has 16 heavy (non-hydrogen) atoms. The average Bonchev–Trinajstić information content (AvgIpc) is 2.29. The van der Waals surface area contributed by atoms with E-state index in [4.69, 9.17) is 14.9 Å². The van der Waals surface area contributed by atoms with Crippen LogP contribution in [0.4, 0.5) is 0 Å². The Bertz CT molecular complexity index is 336. The molecule has 0 radical (unpaired) electrons. The zero-order valence-corrected chi connectivity index (χ0v) is 9.09. The maximum Gasteiger partial charge on any atom is 0.344 e. The van der Waals surface area contributed by atoms with Gasteiger partial charge in [-0.15, -0.1) is 0 Å². The monoisotopic (exact) mass is 225 g/mol. The van der Waals surface area contributed by atoms with Crippen LogP contribution >= 0.6 is 0 Å². The molecule has 2 N–H and O–H groups in total. The van der Waals surface area contributed by atoms with Crippen LogP contribution < -0.4 is 4.74 Å². The van der Waals surface area contributed by atoms with E-state index in [9.17, 15) is 4.79 Å². The lowest BCUT2D eigenvalue weighted by molar-refractivity contribution is -0.145. The van der Waals surface area contributed by atoms with Crippen molar-refractivity contribution in [1.29, 1.82) is 0 Å². The topological polar surface area (TPSA) is 79.7 Å². The van der Waals surface area contributed by atoms with E-state index in [2.05, 4.69) is 4.98 Å². The molecule has 0 bridgehead atoms. The number of hydrogen-bond acceptors (Lipinski definition) is 4. The summed E-state index contributed by atoms with van der Waals surface area (Å²) in [6.45, 7) is 1.75. The molecule has 5 nitrogen and oxygen atoms in total. The highest BCUT2D eigenvalue weighted by Crippen LogP contribution is 2.13. The summed E-state index contributed by atoms with van der Waals surface area (Å²) in [6, 6.07) is 3.20. The van der Waals surface area contributed by atoms with Crippen molar-refractivity contribution in [3.63, 3.8) is 0 Å². The Hall–Kier alpha value is -1.62. The normalized spacial score (nSPS) is 12.1. The Labute approximate surface area is 93.7 Å². The molecule has 1 aromatic heterocycles. The fourth-order valence-electron chi connectivity index (χ4n) is 1.23. The smallest absolute Gasteiger partial charge is 0.344 e. The second-order valence-electron chi connectivity index (χ2n) is 3.38. The molecule has 0 saturated heterocycles. The minimum absolute atomic E-state index is 0.141. The molecule has 0 amide bonds. The van der Waals surface area contributed by atoms with E-state index in [0.29, 0.717) is 17.9 Å². The Morgan fingerprint density at radius 2 is 2.31 bits per heavy atom. The number of rotatable bonds is 6. The Kier molecular flexibility index (Phi) is 4.72. The lowest BCUT2D eigenvalue weighted by Crippen LogP contribution is -2.26. The van der Waals surface area contributed by atoms with Gasteiger partial charge >= 0.3 is 5.97 Å². The molecule has 0 fully saturated rings. The van der Waals surface area contributed by atoms with Crippen LogP contribution in [-0.2, 0) is 11.4 Å². The molecule has 88 valence electrons. The van der Waals surface area contributed by atoms with Crippen molar-refractivity contribution in [3.8, 4) is 5.75 Å². The number of aliphatic hydroxyl groups excluding tert-OH is 1. The highest BCUT2D eigenvalue weighted by Gasteiger charge is 2.18. The zero-order chi connectivity index (χ0) is 12.0. The van der Waals surface area contributed by atoms with Crippen LogP contribution in [0, 0.1) is 0 Å². The number of ether oxygens (including phenoxy) is 1. The van der Waals surface area contributed by atoms with E-state index >= 15 is 0 Å². The third-order valence-corrected chi connectivity index (χ3v) is 2.06. The van der Waals surface area contributed by atoms with Crippen LogP contribution in [0.5, 0.6) is 5.75 Å². The van der Waals surface area contributed by atoms with Crippen LogP contribution in [-0.4, -0.2) is 27.3 Å². The predicted molar refractivity (Wildman–Crippen MR) is 57.1 cm³/mol. The third kappa shape index (κ3) is 3.51. The molecule has 5 heteroatoms. The van der Waals surface area contributed by atoms with Gasteiger partial charge in [0.05, 0.1) is 18.5 Å². The molecule has 1 heterocycles. The second kappa shape index (κ2) is 6.07. The molecule has 1 rings (SSSR count). The number of aromatic nitrogens is 1. The SMILES string of the molecule is CCCC(Oc1ccc(CO)nc1)C(=O)O. The number of nitrogens with zero attached hydrogens (tertiary/aromatic N) is 1. The number of hydrogen-bond donors (Lipinski definition) is 2. The average molecular weight is 225 g/mol. The van der Waals surface area contributed by atoms with Crippen LogP contribution in [0.2, 0.25) is 0 Å². The summed E-state index contributed by atoms with van der Waals surface area (Å²) in [6.07, 6.45) is 1.76. The van der Waals surface area contributed by atoms with E-state index in [-0.39, 0.29) is 6.61 Å². The molecule has 1 atom stereocenters. The maximum atomic E-state index is 10.8. The minimum Gasteiger partial charge on any atom is -0.479 e. The molecule has 1 unspecified atom stereocenters. The van der Waals surface area contributed by atoms with E-state index in [1.807, 2.05) is 6.92 Å². The van der Waals surface area contributed by atoms with Gasteiger partial charge in [0.25, 0.3) is 0 Å². The van der Waals surface area contributed by atoms with Crippen molar-refractivity contribution >= 4 is 5.97 Å². The van der Waals surface area contributed by atoms with Gasteiger partial charge in [0.2, 0.25) is 0 Å². The van der Waals surface area contributed by atoms with E-state index in [1.54, 1.807) is 12.1 Å². The first-order chi connectivity index (χ1) is 7.67. The number of aliphatic carboxylic acids is 1. The number of aliphatic hydroxyl groups is 1. The number of carboxylic acids is 1. The summed E-state index contributed by atoms with van der Waals surface area (Å²) in [5.41, 5.74) is 0.523. The molecular formula is C11H15NO4. The van der Waals surface area contributed by atoms with Gasteiger partial charge in [-0.1, -0.05) is 13.3 Å². The lowest BCUT2D eigenvalue weighted by atomic mass is 10.2. The van der Waals surface area contributed by atoms with Gasteiger partial charge in [-0.3, -0.25) is 4.98 Å². The van der Waals surface area contributed by atoms with Crippen molar-refractivity contribution in [2.24, 2.45) is 0 Å².